The molecule has 0 atom stereocenters. The number of carbonyl (C=O) groups is 2. The fourth-order valence-corrected chi connectivity index (χ4v) is 4.42. The van der Waals surface area contributed by atoms with Gasteiger partial charge in [0.05, 0.1) is 47.6 Å². The number of benzene rings is 2. The monoisotopic (exact) mass is 508 g/mol. The van der Waals surface area contributed by atoms with E-state index in [1.54, 1.807) is 12.1 Å². The molecular weight excluding hydrogens is 476 g/mol. The maximum absolute atomic E-state index is 12.9. The van der Waals surface area contributed by atoms with Crippen molar-refractivity contribution in [1.29, 1.82) is 0 Å². The first kappa shape index (κ1) is 25.9. The fourth-order valence-electron chi connectivity index (χ4n) is 4.04. The number of nitrogen functional groups attached to an aromatic ring is 1. The van der Waals surface area contributed by atoms with E-state index in [4.69, 9.17) is 15.5 Å². The van der Waals surface area contributed by atoms with Crippen LogP contribution < -0.4 is 16.4 Å². The van der Waals surface area contributed by atoms with Gasteiger partial charge < -0.3 is 21.1 Å². The van der Waals surface area contributed by atoms with Gasteiger partial charge in [0.25, 0.3) is 5.91 Å². The van der Waals surface area contributed by atoms with E-state index in [0.29, 0.717) is 58.5 Å². The van der Waals surface area contributed by atoms with E-state index in [-0.39, 0.29) is 11.8 Å². The summed E-state index contributed by atoms with van der Waals surface area (Å²) in [5.74, 6) is -0.349. The van der Waals surface area contributed by atoms with Gasteiger partial charge >= 0.3 is 0 Å². The molecule has 0 aliphatic carbocycles. The van der Waals surface area contributed by atoms with Gasteiger partial charge in [0.1, 0.15) is 0 Å². The van der Waals surface area contributed by atoms with Gasteiger partial charge in [0.15, 0.2) is 5.16 Å². The molecule has 2 heterocycles. The molecule has 3 aromatic rings. The second kappa shape index (κ2) is 10.8. The van der Waals surface area contributed by atoms with Crippen LogP contribution in [-0.2, 0) is 9.53 Å². The van der Waals surface area contributed by atoms with Crippen LogP contribution in [0.25, 0.3) is 22.2 Å². The maximum Gasteiger partial charge on any atom is 0.253 e. The zero-order chi connectivity index (χ0) is 25.9. The molecule has 1 fully saturated rings. The van der Waals surface area contributed by atoms with Crippen molar-refractivity contribution >= 4 is 45.9 Å². The average molecular weight is 509 g/mol. The van der Waals surface area contributed by atoms with Gasteiger partial charge in [0.2, 0.25) is 5.91 Å². The van der Waals surface area contributed by atoms with Gasteiger partial charge in [-0.3, -0.25) is 14.5 Å². The molecule has 9 nitrogen and oxygen atoms in total. The number of carbonyl (C=O) groups excluding carboxylic acids is 2. The summed E-state index contributed by atoms with van der Waals surface area (Å²) in [6.45, 7) is 8.81. The largest absolute Gasteiger partial charge is 0.397 e. The summed E-state index contributed by atoms with van der Waals surface area (Å²) in [6, 6.07) is 11.0. The number of aromatic nitrogens is 2. The molecule has 36 heavy (non-hydrogen) atoms. The van der Waals surface area contributed by atoms with Gasteiger partial charge in [-0.1, -0.05) is 23.9 Å². The Morgan fingerprint density at radius 1 is 1.14 bits per heavy atom. The summed E-state index contributed by atoms with van der Waals surface area (Å²) in [4.78, 5) is 37.0. The lowest BCUT2D eigenvalue weighted by Crippen LogP contribution is -2.41. The molecule has 0 unspecified atom stereocenters. The van der Waals surface area contributed by atoms with Gasteiger partial charge in [0, 0.05) is 29.9 Å². The van der Waals surface area contributed by atoms with Crippen LogP contribution in [0.5, 0.6) is 0 Å². The SMILES string of the molecule is CSc1nc(-c2cccc(NC(=O)CN3CCOCC3)c2)c2c(N)c(C(=O)NC(C)(C)C)ccc2n1. The lowest BCUT2D eigenvalue weighted by molar-refractivity contribution is -0.118. The number of fused-ring (bicyclic) bond motifs is 1. The molecule has 2 aromatic carbocycles. The first-order valence-corrected chi connectivity index (χ1v) is 13.0. The average Bonchev–Trinajstić information content (AvgIpc) is 2.83. The summed E-state index contributed by atoms with van der Waals surface area (Å²) in [7, 11) is 0. The van der Waals surface area contributed by atoms with Crippen molar-refractivity contribution < 1.29 is 14.3 Å². The number of hydrogen-bond donors (Lipinski definition) is 3. The number of rotatable bonds is 6. The Kier molecular flexibility index (Phi) is 7.77. The molecule has 0 bridgehead atoms. The number of morpholine rings is 1. The van der Waals surface area contributed by atoms with Crippen LogP contribution in [0, 0.1) is 0 Å². The number of anilines is 2. The second-order valence-corrected chi connectivity index (χ2v) is 10.5. The standard InChI is InChI=1S/C26H32N6O3S/c1-26(2,3)31-24(34)18-8-9-19-21(22(18)27)23(30-25(29-19)36-4)16-6-5-7-17(14-16)28-20(33)15-32-10-12-35-13-11-32/h5-9,14H,10-13,15,27H2,1-4H3,(H,28,33)(H,31,34). The highest BCUT2D eigenvalue weighted by Crippen LogP contribution is 2.35. The number of ether oxygens (including phenoxy) is 1. The van der Waals surface area contributed by atoms with Crippen LogP contribution in [-0.4, -0.2) is 71.3 Å². The van der Waals surface area contributed by atoms with Crippen molar-refractivity contribution in [3.8, 4) is 11.3 Å². The van der Waals surface area contributed by atoms with Crippen molar-refractivity contribution in [3.05, 3.63) is 42.0 Å². The van der Waals surface area contributed by atoms with Crippen molar-refractivity contribution in [1.82, 2.24) is 20.2 Å². The van der Waals surface area contributed by atoms with E-state index in [2.05, 4.69) is 20.5 Å². The maximum atomic E-state index is 12.9. The molecule has 0 spiro atoms. The summed E-state index contributed by atoms with van der Waals surface area (Å²) < 4.78 is 5.35. The number of thioether (sulfide) groups is 1. The lowest BCUT2D eigenvalue weighted by atomic mass is 10.0. The number of hydrogen-bond acceptors (Lipinski definition) is 8. The third kappa shape index (κ3) is 6.13. The molecule has 10 heteroatoms. The lowest BCUT2D eigenvalue weighted by Gasteiger charge is -2.25. The number of amides is 2. The van der Waals surface area contributed by atoms with Crippen LogP contribution in [0.2, 0.25) is 0 Å². The molecule has 1 saturated heterocycles. The van der Waals surface area contributed by atoms with Gasteiger partial charge in [-0.15, -0.1) is 0 Å². The quantitative estimate of drug-likeness (QED) is 0.263. The second-order valence-electron chi connectivity index (χ2n) is 9.70. The number of nitrogens with zero attached hydrogens (tertiary/aromatic N) is 3. The zero-order valence-electron chi connectivity index (χ0n) is 21.1. The smallest absolute Gasteiger partial charge is 0.253 e. The van der Waals surface area contributed by atoms with Crippen LogP contribution in [0.3, 0.4) is 0 Å². The van der Waals surface area contributed by atoms with Crippen LogP contribution >= 0.6 is 11.8 Å². The van der Waals surface area contributed by atoms with E-state index in [1.807, 2.05) is 51.3 Å². The molecule has 1 aliphatic rings. The third-order valence-electron chi connectivity index (χ3n) is 5.69. The van der Waals surface area contributed by atoms with Crippen LogP contribution in [0.1, 0.15) is 31.1 Å². The van der Waals surface area contributed by atoms with E-state index in [1.165, 1.54) is 11.8 Å². The van der Waals surface area contributed by atoms with Gasteiger partial charge in [-0.05, 0) is 51.3 Å². The summed E-state index contributed by atoms with van der Waals surface area (Å²) in [6.07, 6.45) is 1.90. The molecule has 190 valence electrons. The molecule has 4 rings (SSSR count). The Labute approximate surface area is 215 Å². The Morgan fingerprint density at radius 3 is 2.58 bits per heavy atom. The highest BCUT2D eigenvalue weighted by molar-refractivity contribution is 7.98. The number of nitrogens with one attached hydrogen (secondary N) is 2. The molecule has 0 saturated carbocycles. The molecule has 4 N–H and O–H groups in total. The highest BCUT2D eigenvalue weighted by Gasteiger charge is 2.22. The first-order chi connectivity index (χ1) is 17.1. The minimum atomic E-state index is -0.408. The summed E-state index contributed by atoms with van der Waals surface area (Å²) >= 11 is 1.42. The summed E-state index contributed by atoms with van der Waals surface area (Å²) in [5.41, 5.74) is 9.52. The molecule has 1 aromatic heterocycles. The van der Waals surface area contributed by atoms with Crippen molar-refractivity contribution in [2.24, 2.45) is 0 Å². The molecule has 0 radical (unpaired) electrons. The minimum Gasteiger partial charge on any atom is -0.397 e. The van der Waals surface area contributed by atoms with Crippen LogP contribution in [0.4, 0.5) is 11.4 Å². The van der Waals surface area contributed by atoms with Gasteiger partial charge in [-0.25, -0.2) is 9.97 Å². The predicted molar refractivity (Wildman–Crippen MR) is 144 cm³/mol. The Bertz CT molecular complexity index is 1280. The van der Waals surface area contributed by atoms with Crippen molar-refractivity contribution in [2.45, 2.75) is 31.5 Å². The van der Waals surface area contributed by atoms with E-state index in [9.17, 15) is 9.59 Å². The van der Waals surface area contributed by atoms with Gasteiger partial charge in [-0.2, -0.15) is 0 Å². The molecular formula is C26H32N6O3S. The van der Waals surface area contributed by atoms with E-state index >= 15 is 0 Å². The number of nitrogens with two attached hydrogens (primary N) is 1. The van der Waals surface area contributed by atoms with Crippen molar-refractivity contribution in [3.63, 3.8) is 0 Å². The fraction of sp³-hybridized carbons (Fsp3) is 0.385. The molecule has 2 amide bonds. The Morgan fingerprint density at radius 2 is 1.89 bits per heavy atom. The summed E-state index contributed by atoms with van der Waals surface area (Å²) in [5, 5.41) is 7.14. The predicted octanol–water partition coefficient (Wildman–Crippen LogP) is 3.40. The van der Waals surface area contributed by atoms with E-state index in [0.717, 1.165) is 18.7 Å². The Balaban J connectivity index is 1.70. The normalized spacial score (nSPS) is 14.6. The minimum absolute atomic E-state index is 0.0907. The van der Waals surface area contributed by atoms with E-state index < -0.39 is 5.54 Å². The first-order valence-electron chi connectivity index (χ1n) is 11.8. The zero-order valence-corrected chi connectivity index (χ0v) is 21.9. The Hall–Kier alpha value is -3.21. The van der Waals surface area contributed by atoms with Crippen molar-refractivity contribution in [2.75, 3.05) is 50.2 Å². The highest BCUT2D eigenvalue weighted by atomic mass is 32.2. The topological polar surface area (TPSA) is 122 Å². The van der Waals surface area contributed by atoms with Crippen LogP contribution in [0.15, 0.2) is 41.6 Å². The third-order valence-corrected chi connectivity index (χ3v) is 6.24. The molecule has 1 aliphatic heterocycles.